The molecule has 104 valence electrons. The lowest BCUT2D eigenvalue weighted by Crippen LogP contribution is -2.25. The number of benzene rings is 1. The number of hydrogen-bond donors (Lipinski definition) is 1. The molecule has 1 N–H and O–H groups in total. The maximum Gasteiger partial charge on any atom is 0.261 e. The Kier molecular flexibility index (Phi) is 4.30. The van der Waals surface area contributed by atoms with Gasteiger partial charge in [-0.3, -0.25) is 9.48 Å². The van der Waals surface area contributed by atoms with Gasteiger partial charge in [0, 0.05) is 11.9 Å². The summed E-state index contributed by atoms with van der Waals surface area (Å²) in [7, 11) is 0. The number of nitrogens with zero attached hydrogens (tertiary/aromatic N) is 3. The van der Waals surface area contributed by atoms with E-state index in [4.69, 9.17) is 0 Å². The first-order valence-electron chi connectivity index (χ1n) is 6.45. The van der Waals surface area contributed by atoms with Gasteiger partial charge in [0.15, 0.2) is 0 Å². The quantitative estimate of drug-likeness (QED) is 0.682. The van der Waals surface area contributed by atoms with Gasteiger partial charge in [0.2, 0.25) is 0 Å². The number of hydrogen-bond acceptors (Lipinski definition) is 3. The highest BCUT2D eigenvalue weighted by molar-refractivity contribution is 5.99. The highest BCUT2D eigenvalue weighted by Gasteiger charge is 2.04. The van der Waals surface area contributed by atoms with E-state index in [2.05, 4.69) is 15.6 Å². The fraction of sp³-hybridized carbons (Fsp3) is 0.267. The Labute approximate surface area is 118 Å². The second-order valence-electron chi connectivity index (χ2n) is 4.73. The van der Waals surface area contributed by atoms with Crippen LogP contribution in [0.25, 0.3) is 0 Å². The third-order valence-electron chi connectivity index (χ3n) is 3.04. The number of carbonyl (C=O) groups is 1. The molecule has 0 spiro atoms. The standard InChI is InChI=1S/C15H18N4O/c1-11-4-6-14(7-5-11)13(3)17-18-15(20)10-19-12(2)8-9-16-19/h4-9H,10H2,1-3H3,(H,18,20)/b17-13-. The zero-order valence-corrected chi connectivity index (χ0v) is 11.9. The van der Waals surface area contributed by atoms with E-state index in [1.807, 2.05) is 51.1 Å². The summed E-state index contributed by atoms with van der Waals surface area (Å²) >= 11 is 0. The molecule has 1 aromatic carbocycles. The van der Waals surface area contributed by atoms with Crippen molar-refractivity contribution in [3.8, 4) is 0 Å². The second kappa shape index (κ2) is 6.14. The largest absolute Gasteiger partial charge is 0.271 e. The number of nitrogens with one attached hydrogen (secondary N) is 1. The van der Waals surface area contributed by atoms with Crippen LogP contribution < -0.4 is 5.43 Å². The molecule has 2 rings (SSSR count). The van der Waals surface area contributed by atoms with Gasteiger partial charge in [-0.15, -0.1) is 0 Å². The van der Waals surface area contributed by atoms with Gasteiger partial charge in [0.1, 0.15) is 6.54 Å². The third-order valence-corrected chi connectivity index (χ3v) is 3.04. The minimum Gasteiger partial charge on any atom is -0.271 e. The summed E-state index contributed by atoms with van der Waals surface area (Å²) in [6.07, 6.45) is 1.67. The predicted octanol–water partition coefficient (Wildman–Crippen LogP) is 2.04. The summed E-state index contributed by atoms with van der Waals surface area (Å²) in [5.41, 5.74) is 6.45. The van der Waals surface area contributed by atoms with Crippen LogP contribution >= 0.6 is 0 Å². The average Bonchev–Trinajstić information content (AvgIpc) is 2.82. The lowest BCUT2D eigenvalue weighted by atomic mass is 10.1. The number of carbonyl (C=O) groups excluding carboxylic acids is 1. The van der Waals surface area contributed by atoms with E-state index in [9.17, 15) is 4.79 Å². The molecule has 5 nitrogen and oxygen atoms in total. The van der Waals surface area contributed by atoms with Crippen LogP contribution in [0.15, 0.2) is 41.6 Å². The van der Waals surface area contributed by atoms with Gasteiger partial charge >= 0.3 is 0 Å². The summed E-state index contributed by atoms with van der Waals surface area (Å²) in [6.45, 7) is 5.97. The van der Waals surface area contributed by atoms with Crippen molar-refractivity contribution < 1.29 is 4.79 Å². The van der Waals surface area contributed by atoms with Crippen LogP contribution in [0, 0.1) is 13.8 Å². The van der Waals surface area contributed by atoms with Crippen LogP contribution in [-0.2, 0) is 11.3 Å². The Hall–Kier alpha value is -2.43. The van der Waals surface area contributed by atoms with E-state index in [1.54, 1.807) is 10.9 Å². The molecule has 0 unspecified atom stereocenters. The molecule has 5 heteroatoms. The molecule has 1 aromatic heterocycles. The van der Waals surface area contributed by atoms with Crippen molar-refractivity contribution in [2.45, 2.75) is 27.3 Å². The van der Waals surface area contributed by atoms with Crippen LogP contribution in [-0.4, -0.2) is 21.4 Å². The Balaban J connectivity index is 1.96. The fourth-order valence-corrected chi connectivity index (χ4v) is 1.74. The van der Waals surface area contributed by atoms with E-state index in [0.717, 1.165) is 17.0 Å². The monoisotopic (exact) mass is 270 g/mol. The molecule has 1 heterocycles. The van der Waals surface area contributed by atoms with Crippen molar-refractivity contribution in [1.29, 1.82) is 0 Å². The van der Waals surface area contributed by atoms with Gasteiger partial charge in [-0.2, -0.15) is 10.2 Å². The Morgan fingerprint density at radius 3 is 2.55 bits per heavy atom. The maximum absolute atomic E-state index is 11.8. The average molecular weight is 270 g/mol. The molecular weight excluding hydrogens is 252 g/mol. The summed E-state index contributed by atoms with van der Waals surface area (Å²) in [6, 6.07) is 9.86. The van der Waals surface area contributed by atoms with Crippen LogP contribution in [0.2, 0.25) is 0 Å². The van der Waals surface area contributed by atoms with E-state index in [1.165, 1.54) is 5.56 Å². The predicted molar refractivity (Wildman–Crippen MR) is 78.5 cm³/mol. The van der Waals surface area contributed by atoms with Crippen molar-refractivity contribution >= 4 is 11.6 Å². The number of hydrazone groups is 1. The van der Waals surface area contributed by atoms with E-state index < -0.39 is 0 Å². The zero-order chi connectivity index (χ0) is 14.5. The summed E-state index contributed by atoms with van der Waals surface area (Å²) < 4.78 is 1.63. The molecule has 1 amide bonds. The van der Waals surface area contributed by atoms with Crippen molar-refractivity contribution in [2.24, 2.45) is 5.10 Å². The summed E-state index contributed by atoms with van der Waals surface area (Å²) in [5.74, 6) is -0.191. The molecule has 0 atom stereocenters. The molecule has 20 heavy (non-hydrogen) atoms. The smallest absolute Gasteiger partial charge is 0.261 e. The molecule has 0 aliphatic rings. The van der Waals surface area contributed by atoms with Crippen LogP contribution in [0.4, 0.5) is 0 Å². The Morgan fingerprint density at radius 2 is 1.95 bits per heavy atom. The van der Waals surface area contributed by atoms with Crippen LogP contribution in [0.3, 0.4) is 0 Å². The highest BCUT2D eigenvalue weighted by Crippen LogP contribution is 2.04. The SMILES string of the molecule is C/C(=N/NC(=O)Cn1nccc1C)c1ccc(C)cc1. The second-order valence-corrected chi connectivity index (χ2v) is 4.73. The number of aromatic nitrogens is 2. The third kappa shape index (κ3) is 3.54. The zero-order valence-electron chi connectivity index (χ0n) is 11.9. The van der Waals surface area contributed by atoms with Gasteiger partial charge in [-0.1, -0.05) is 29.8 Å². The lowest BCUT2D eigenvalue weighted by Gasteiger charge is -2.05. The molecule has 0 aliphatic carbocycles. The first-order valence-corrected chi connectivity index (χ1v) is 6.45. The summed E-state index contributed by atoms with van der Waals surface area (Å²) in [5, 5.41) is 8.17. The van der Waals surface area contributed by atoms with E-state index >= 15 is 0 Å². The molecule has 0 saturated carbocycles. The van der Waals surface area contributed by atoms with Gasteiger partial charge in [0.25, 0.3) is 5.91 Å². The Morgan fingerprint density at radius 1 is 1.25 bits per heavy atom. The number of amides is 1. The maximum atomic E-state index is 11.8. The van der Waals surface area contributed by atoms with Gasteiger partial charge in [-0.05, 0) is 32.4 Å². The highest BCUT2D eigenvalue weighted by atomic mass is 16.2. The van der Waals surface area contributed by atoms with Crippen LogP contribution in [0.5, 0.6) is 0 Å². The fourth-order valence-electron chi connectivity index (χ4n) is 1.74. The first-order chi connectivity index (χ1) is 9.56. The van der Waals surface area contributed by atoms with Crippen LogP contribution in [0.1, 0.15) is 23.7 Å². The van der Waals surface area contributed by atoms with Gasteiger partial charge in [-0.25, -0.2) is 5.43 Å². The van der Waals surface area contributed by atoms with Gasteiger partial charge < -0.3 is 0 Å². The van der Waals surface area contributed by atoms with Crippen molar-refractivity contribution in [2.75, 3.05) is 0 Å². The number of aryl methyl sites for hydroxylation is 2. The molecule has 0 aliphatic heterocycles. The lowest BCUT2D eigenvalue weighted by molar-refractivity contribution is -0.121. The van der Waals surface area contributed by atoms with E-state index in [-0.39, 0.29) is 12.5 Å². The van der Waals surface area contributed by atoms with Crippen molar-refractivity contribution in [3.05, 3.63) is 53.3 Å². The first kappa shape index (κ1) is 14.0. The molecule has 0 bridgehead atoms. The topological polar surface area (TPSA) is 59.3 Å². The van der Waals surface area contributed by atoms with E-state index in [0.29, 0.717) is 0 Å². The molecule has 0 fully saturated rings. The van der Waals surface area contributed by atoms with Crippen molar-refractivity contribution in [3.63, 3.8) is 0 Å². The molecular formula is C15H18N4O. The normalized spacial score (nSPS) is 11.4. The number of rotatable bonds is 4. The molecule has 0 saturated heterocycles. The molecule has 0 radical (unpaired) electrons. The van der Waals surface area contributed by atoms with Gasteiger partial charge in [0.05, 0.1) is 5.71 Å². The summed E-state index contributed by atoms with van der Waals surface area (Å²) in [4.78, 5) is 11.8. The van der Waals surface area contributed by atoms with Crippen molar-refractivity contribution in [1.82, 2.24) is 15.2 Å². The Bertz CT molecular complexity index is 626. The minimum absolute atomic E-state index is 0.170. The minimum atomic E-state index is -0.191. The molecule has 2 aromatic rings.